The second kappa shape index (κ2) is 10.6. The molecule has 8 nitrogen and oxygen atoms in total. The molecule has 0 bridgehead atoms. The first-order chi connectivity index (χ1) is 13.6. The molecule has 29 heavy (non-hydrogen) atoms. The molecule has 1 heterocycles. The Balaban J connectivity index is 1.55. The minimum Gasteiger partial charge on any atom is -0.444 e. The molecule has 0 radical (unpaired) electrons. The van der Waals surface area contributed by atoms with E-state index in [0.29, 0.717) is 19.6 Å². The Kier molecular flexibility index (Phi) is 8.75. The van der Waals surface area contributed by atoms with E-state index in [4.69, 9.17) is 4.74 Å². The number of hydrogen-bond donors (Lipinski definition) is 1. The molecule has 2 rings (SSSR count). The zero-order valence-electron chi connectivity index (χ0n) is 18.1. The van der Waals surface area contributed by atoms with E-state index < -0.39 is 15.4 Å². The van der Waals surface area contributed by atoms with Crippen LogP contribution in [0.2, 0.25) is 0 Å². The fraction of sp³-hybridized carbons (Fsp3) is 0.900. The first kappa shape index (κ1) is 23.9. The van der Waals surface area contributed by atoms with Crippen molar-refractivity contribution in [2.75, 3.05) is 45.0 Å². The maximum absolute atomic E-state index is 12.2. The summed E-state index contributed by atoms with van der Waals surface area (Å²) >= 11 is 0. The average Bonchev–Trinajstić information content (AvgIpc) is 3.18. The summed E-state index contributed by atoms with van der Waals surface area (Å²) in [5.74, 6) is -0.239. The molecule has 9 heteroatoms. The lowest BCUT2D eigenvalue weighted by molar-refractivity contribution is -0.120. The van der Waals surface area contributed by atoms with Crippen LogP contribution in [0.15, 0.2) is 0 Å². The molecule has 1 saturated carbocycles. The van der Waals surface area contributed by atoms with E-state index in [1.807, 2.05) is 20.8 Å². The van der Waals surface area contributed by atoms with Gasteiger partial charge in [0.2, 0.25) is 5.91 Å². The van der Waals surface area contributed by atoms with E-state index in [9.17, 15) is 18.0 Å². The van der Waals surface area contributed by atoms with Crippen molar-refractivity contribution in [3.05, 3.63) is 0 Å². The van der Waals surface area contributed by atoms with Gasteiger partial charge < -0.3 is 15.0 Å². The van der Waals surface area contributed by atoms with Gasteiger partial charge in [-0.3, -0.25) is 9.69 Å². The number of carbonyl (C=O) groups excluding carboxylic acids is 2. The maximum Gasteiger partial charge on any atom is 0.410 e. The largest absolute Gasteiger partial charge is 0.444 e. The third-order valence-corrected chi connectivity index (χ3v) is 7.68. The number of nitrogens with one attached hydrogen (secondary N) is 1. The highest BCUT2D eigenvalue weighted by atomic mass is 32.2. The maximum atomic E-state index is 12.2. The van der Waals surface area contributed by atoms with Gasteiger partial charge in [0.1, 0.15) is 5.60 Å². The Labute approximate surface area is 175 Å². The van der Waals surface area contributed by atoms with Crippen molar-refractivity contribution >= 4 is 21.8 Å². The first-order valence-electron chi connectivity index (χ1n) is 10.8. The number of amides is 2. The zero-order valence-corrected chi connectivity index (χ0v) is 18.9. The number of rotatable bonds is 8. The van der Waals surface area contributed by atoms with Gasteiger partial charge in [-0.1, -0.05) is 12.8 Å². The van der Waals surface area contributed by atoms with Crippen LogP contribution in [0.3, 0.4) is 0 Å². The lowest BCUT2D eigenvalue weighted by Gasteiger charge is -2.35. The van der Waals surface area contributed by atoms with E-state index in [1.165, 1.54) is 0 Å². The van der Waals surface area contributed by atoms with Crippen LogP contribution in [-0.4, -0.2) is 86.1 Å². The van der Waals surface area contributed by atoms with E-state index in [1.54, 1.807) is 4.90 Å². The fourth-order valence-corrected chi connectivity index (χ4v) is 5.60. The molecule has 0 aromatic rings. The van der Waals surface area contributed by atoms with Crippen LogP contribution in [0, 0.1) is 0 Å². The van der Waals surface area contributed by atoms with Gasteiger partial charge in [-0.2, -0.15) is 0 Å². The molecule has 2 aliphatic rings. The van der Waals surface area contributed by atoms with Crippen LogP contribution in [0.5, 0.6) is 0 Å². The van der Waals surface area contributed by atoms with Crippen LogP contribution in [0.1, 0.15) is 59.3 Å². The number of carbonyl (C=O) groups is 2. The highest BCUT2D eigenvalue weighted by molar-refractivity contribution is 7.92. The standard InChI is InChI=1S/C20H37N3O5S/c1-20(2,3)28-19(25)23-14-12-22(13-15-23)11-6-10-21-18(24)9-16-29(26,27)17-7-4-5-8-17/h17H,4-16H2,1-3H3,(H,21,24). The van der Waals surface area contributed by atoms with E-state index in [2.05, 4.69) is 10.2 Å². The van der Waals surface area contributed by atoms with Gasteiger partial charge in [0.15, 0.2) is 9.84 Å². The third-order valence-electron chi connectivity index (χ3n) is 5.42. The highest BCUT2D eigenvalue weighted by Crippen LogP contribution is 2.25. The van der Waals surface area contributed by atoms with Crippen LogP contribution in [-0.2, 0) is 19.4 Å². The first-order valence-corrected chi connectivity index (χ1v) is 12.5. The number of sulfone groups is 1. The molecule has 1 aliphatic heterocycles. The minimum absolute atomic E-state index is 0.0455. The van der Waals surface area contributed by atoms with Gasteiger partial charge in [0.05, 0.1) is 11.0 Å². The van der Waals surface area contributed by atoms with Gasteiger partial charge in [-0.05, 0) is 46.6 Å². The zero-order chi connectivity index (χ0) is 21.5. The predicted molar refractivity (Wildman–Crippen MR) is 113 cm³/mol. The number of ether oxygens (including phenoxy) is 1. The number of nitrogens with zero attached hydrogens (tertiary/aromatic N) is 2. The van der Waals surface area contributed by atoms with Crippen molar-refractivity contribution < 1.29 is 22.7 Å². The molecular weight excluding hydrogens is 394 g/mol. The normalized spacial score (nSPS) is 19.3. The van der Waals surface area contributed by atoms with E-state index in [-0.39, 0.29) is 29.4 Å². The molecule has 2 fully saturated rings. The summed E-state index contributed by atoms with van der Waals surface area (Å²) in [5, 5.41) is 2.58. The summed E-state index contributed by atoms with van der Waals surface area (Å²) in [4.78, 5) is 28.0. The quantitative estimate of drug-likeness (QED) is 0.589. The fourth-order valence-electron chi connectivity index (χ4n) is 3.75. The van der Waals surface area contributed by atoms with Crippen LogP contribution < -0.4 is 5.32 Å². The van der Waals surface area contributed by atoms with Crippen molar-refractivity contribution in [2.24, 2.45) is 0 Å². The molecule has 1 N–H and O–H groups in total. The second-order valence-corrected chi connectivity index (χ2v) is 11.4. The average molecular weight is 432 g/mol. The molecule has 1 saturated heterocycles. The Morgan fingerprint density at radius 2 is 1.69 bits per heavy atom. The van der Waals surface area contributed by atoms with Gasteiger partial charge >= 0.3 is 6.09 Å². The number of piperazine rings is 1. The lowest BCUT2D eigenvalue weighted by atomic mass is 10.2. The Bertz CT molecular complexity index is 646. The summed E-state index contributed by atoms with van der Waals surface area (Å²) in [6, 6.07) is 0. The van der Waals surface area contributed by atoms with Crippen molar-refractivity contribution in [1.29, 1.82) is 0 Å². The summed E-state index contributed by atoms with van der Waals surface area (Å²) in [6.45, 7) is 9.80. The molecule has 0 atom stereocenters. The van der Waals surface area contributed by atoms with Crippen molar-refractivity contribution in [3.63, 3.8) is 0 Å². The smallest absolute Gasteiger partial charge is 0.410 e. The van der Waals surface area contributed by atoms with Gasteiger partial charge in [0.25, 0.3) is 0 Å². The second-order valence-electron chi connectivity index (χ2n) is 9.04. The Morgan fingerprint density at radius 3 is 2.28 bits per heavy atom. The summed E-state index contributed by atoms with van der Waals surface area (Å²) < 4.78 is 29.8. The van der Waals surface area contributed by atoms with Crippen molar-refractivity contribution in [1.82, 2.24) is 15.1 Å². The van der Waals surface area contributed by atoms with Crippen LogP contribution in [0.25, 0.3) is 0 Å². The predicted octanol–water partition coefficient (Wildman–Crippen LogP) is 1.79. The minimum atomic E-state index is -3.14. The molecular formula is C20H37N3O5S. The Morgan fingerprint density at radius 1 is 1.07 bits per heavy atom. The lowest BCUT2D eigenvalue weighted by Crippen LogP contribution is -2.50. The van der Waals surface area contributed by atoms with Crippen molar-refractivity contribution in [3.8, 4) is 0 Å². The molecule has 1 aliphatic carbocycles. The molecule has 0 spiro atoms. The summed E-state index contributed by atoms with van der Waals surface area (Å²) in [7, 11) is -3.14. The van der Waals surface area contributed by atoms with Gasteiger partial charge in [-0.15, -0.1) is 0 Å². The number of hydrogen-bond acceptors (Lipinski definition) is 6. The highest BCUT2D eigenvalue weighted by Gasteiger charge is 2.29. The van der Waals surface area contributed by atoms with Crippen molar-refractivity contribution in [2.45, 2.75) is 70.1 Å². The Hall–Kier alpha value is -1.35. The van der Waals surface area contributed by atoms with E-state index in [0.717, 1.165) is 51.7 Å². The molecule has 2 amide bonds. The van der Waals surface area contributed by atoms with Crippen LogP contribution in [0.4, 0.5) is 4.79 Å². The van der Waals surface area contributed by atoms with Gasteiger partial charge in [-0.25, -0.2) is 13.2 Å². The molecule has 0 aromatic heterocycles. The molecule has 0 unspecified atom stereocenters. The van der Waals surface area contributed by atoms with E-state index >= 15 is 0 Å². The van der Waals surface area contributed by atoms with Crippen LogP contribution >= 0.6 is 0 Å². The van der Waals surface area contributed by atoms with Gasteiger partial charge in [0, 0.05) is 39.1 Å². The summed E-state index contributed by atoms with van der Waals surface area (Å²) in [6.07, 6.45) is 4.01. The monoisotopic (exact) mass is 431 g/mol. The third kappa shape index (κ3) is 8.50. The molecule has 168 valence electrons. The summed E-state index contributed by atoms with van der Waals surface area (Å²) in [5.41, 5.74) is -0.483. The SMILES string of the molecule is CC(C)(C)OC(=O)N1CCN(CCCNC(=O)CCS(=O)(=O)C2CCCC2)CC1. The molecule has 0 aromatic carbocycles. The topological polar surface area (TPSA) is 96.0 Å².